The van der Waals surface area contributed by atoms with Gasteiger partial charge in [-0.05, 0) is 20.3 Å². The van der Waals surface area contributed by atoms with Crippen LogP contribution in [0.5, 0.6) is 0 Å². The number of carbonyl (C=O) groups is 1. The predicted octanol–water partition coefficient (Wildman–Crippen LogP) is 0.852. The molecule has 4 heteroatoms. The number of hydrogen-bond donors (Lipinski definition) is 2. The second-order valence-corrected chi connectivity index (χ2v) is 3.41. The molecule has 0 spiro atoms. The van der Waals surface area contributed by atoms with E-state index in [-0.39, 0.29) is 19.4 Å². The molecule has 4 nitrogen and oxygen atoms in total. The first-order chi connectivity index (χ1) is 6.35. The van der Waals surface area contributed by atoms with Crippen LogP contribution in [0.4, 0.5) is 0 Å². The molecule has 0 saturated carbocycles. The van der Waals surface area contributed by atoms with Crippen LogP contribution in [0.2, 0.25) is 0 Å². The lowest BCUT2D eigenvalue weighted by Gasteiger charge is -2.38. The van der Waals surface area contributed by atoms with Gasteiger partial charge in [0, 0.05) is 13.0 Å². The van der Waals surface area contributed by atoms with Gasteiger partial charge in [-0.3, -0.25) is 4.79 Å². The third-order valence-electron chi connectivity index (χ3n) is 2.49. The minimum atomic E-state index is -1.82. The molecule has 0 aliphatic rings. The third-order valence-corrected chi connectivity index (χ3v) is 2.49. The van der Waals surface area contributed by atoms with Gasteiger partial charge in [-0.1, -0.05) is 13.8 Å². The number of ketones is 1. The fourth-order valence-electron chi connectivity index (χ4n) is 1.48. The molecule has 0 aromatic rings. The molecule has 2 N–H and O–H groups in total. The number of carbonyl (C=O) groups excluding carboxylic acids is 1. The summed E-state index contributed by atoms with van der Waals surface area (Å²) in [5.74, 6) is -2.22. The van der Waals surface area contributed by atoms with Crippen molar-refractivity contribution in [3.05, 3.63) is 0 Å². The fourth-order valence-corrected chi connectivity index (χ4v) is 1.48. The zero-order valence-electron chi connectivity index (χ0n) is 9.33. The van der Waals surface area contributed by atoms with E-state index in [0.717, 1.165) is 0 Å². The van der Waals surface area contributed by atoms with Gasteiger partial charge >= 0.3 is 0 Å². The molecule has 14 heavy (non-hydrogen) atoms. The zero-order chi connectivity index (χ0) is 11.4. The SMILES string of the molecule is CCOC(C)(O)C(O)(CC)C(=O)CC. The summed E-state index contributed by atoms with van der Waals surface area (Å²) < 4.78 is 4.99. The van der Waals surface area contributed by atoms with Crippen molar-refractivity contribution in [2.45, 2.75) is 51.9 Å². The highest BCUT2D eigenvalue weighted by molar-refractivity contribution is 5.87. The molecule has 0 aromatic heterocycles. The number of hydrogen-bond acceptors (Lipinski definition) is 4. The number of aliphatic hydroxyl groups is 2. The van der Waals surface area contributed by atoms with Gasteiger partial charge in [-0.2, -0.15) is 0 Å². The van der Waals surface area contributed by atoms with Crippen molar-refractivity contribution >= 4 is 5.78 Å². The van der Waals surface area contributed by atoms with Gasteiger partial charge in [0.25, 0.3) is 0 Å². The maximum absolute atomic E-state index is 11.5. The van der Waals surface area contributed by atoms with E-state index in [4.69, 9.17) is 4.74 Å². The van der Waals surface area contributed by atoms with Crippen LogP contribution < -0.4 is 0 Å². The first-order valence-electron chi connectivity index (χ1n) is 4.97. The summed E-state index contributed by atoms with van der Waals surface area (Å²) in [4.78, 5) is 11.5. The molecule has 0 fully saturated rings. The minimum absolute atomic E-state index is 0.132. The van der Waals surface area contributed by atoms with Crippen molar-refractivity contribution in [2.75, 3.05) is 6.61 Å². The maximum Gasteiger partial charge on any atom is 0.199 e. The normalized spacial score (nSPS) is 19.9. The average molecular weight is 204 g/mol. The Labute approximate surface area is 84.9 Å². The van der Waals surface area contributed by atoms with Crippen LogP contribution in [0.25, 0.3) is 0 Å². The molecule has 0 bridgehead atoms. The Bertz CT molecular complexity index is 200. The van der Waals surface area contributed by atoms with Crippen LogP contribution in [0.1, 0.15) is 40.5 Å². The Morgan fingerprint density at radius 1 is 1.29 bits per heavy atom. The Morgan fingerprint density at radius 2 is 1.79 bits per heavy atom. The van der Waals surface area contributed by atoms with Crippen LogP contribution in [0, 0.1) is 0 Å². The van der Waals surface area contributed by atoms with E-state index in [1.807, 2.05) is 0 Å². The molecule has 2 atom stereocenters. The lowest BCUT2D eigenvalue weighted by Crippen LogP contribution is -2.58. The van der Waals surface area contributed by atoms with Gasteiger partial charge in [0.15, 0.2) is 17.2 Å². The zero-order valence-corrected chi connectivity index (χ0v) is 9.33. The fraction of sp³-hybridized carbons (Fsp3) is 0.900. The van der Waals surface area contributed by atoms with E-state index in [1.54, 1.807) is 20.8 Å². The molecule has 0 saturated heterocycles. The third kappa shape index (κ3) is 2.32. The van der Waals surface area contributed by atoms with E-state index < -0.39 is 17.2 Å². The minimum Gasteiger partial charge on any atom is -0.377 e. The molecule has 0 radical (unpaired) electrons. The van der Waals surface area contributed by atoms with Crippen molar-refractivity contribution in [3.8, 4) is 0 Å². The van der Waals surface area contributed by atoms with Gasteiger partial charge < -0.3 is 14.9 Å². The summed E-state index contributed by atoms with van der Waals surface area (Å²) in [5.41, 5.74) is -1.81. The molecule has 0 aliphatic carbocycles. The van der Waals surface area contributed by atoms with Crippen LogP contribution in [0.3, 0.4) is 0 Å². The Kier molecular flexibility index (Phi) is 4.71. The highest BCUT2D eigenvalue weighted by atomic mass is 16.6. The molecule has 0 aliphatic heterocycles. The summed E-state index contributed by atoms with van der Waals surface area (Å²) in [5, 5.41) is 19.9. The highest BCUT2D eigenvalue weighted by Crippen LogP contribution is 2.29. The largest absolute Gasteiger partial charge is 0.377 e. The van der Waals surface area contributed by atoms with Gasteiger partial charge in [0.05, 0.1) is 0 Å². The van der Waals surface area contributed by atoms with Crippen molar-refractivity contribution < 1.29 is 19.7 Å². The van der Waals surface area contributed by atoms with Crippen molar-refractivity contribution in [2.24, 2.45) is 0 Å². The molecule has 0 rings (SSSR count). The Hall–Kier alpha value is -0.450. The molecule has 0 aromatic carbocycles. The molecular weight excluding hydrogens is 184 g/mol. The maximum atomic E-state index is 11.5. The summed E-state index contributed by atoms with van der Waals surface area (Å²) in [6.45, 7) is 6.53. The van der Waals surface area contributed by atoms with Gasteiger partial charge in [-0.15, -0.1) is 0 Å². The summed E-state index contributed by atoms with van der Waals surface area (Å²) in [7, 11) is 0. The first kappa shape index (κ1) is 13.5. The standard InChI is InChI=1S/C10H20O4/c1-5-8(11)10(13,6-2)9(4,12)14-7-3/h12-13H,5-7H2,1-4H3. The van der Waals surface area contributed by atoms with Gasteiger partial charge in [0.2, 0.25) is 0 Å². The van der Waals surface area contributed by atoms with E-state index in [2.05, 4.69) is 0 Å². The first-order valence-corrected chi connectivity index (χ1v) is 4.97. The van der Waals surface area contributed by atoms with Crippen molar-refractivity contribution in [1.29, 1.82) is 0 Å². The van der Waals surface area contributed by atoms with Crippen LogP contribution in [0.15, 0.2) is 0 Å². The topological polar surface area (TPSA) is 66.8 Å². The van der Waals surface area contributed by atoms with E-state index in [9.17, 15) is 15.0 Å². The number of rotatable bonds is 6. The summed E-state index contributed by atoms with van der Waals surface area (Å²) in [6.07, 6.45) is 0.306. The van der Waals surface area contributed by atoms with Crippen LogP contribution in [-0.2, 0) is 9.53 Å². The predicted molar refractivity (Wildman–Crippen MR) is 52.8 cm³/mol. The quantitative estimate of drug-likeness (QED) is 0.629. The smallest absolute Gasteiger partial charge is 0.199 e. The van der Waals surface area contributed by atoms with E-state index in [0.29, 0.717) is 0 Å². The second-order valence-electron chi connectivity index (χ2n) is 3.41. The lowest BCUT2D eigenvalue weighted by atomic mass is 9.85. The Morgan fingerprint density at radius 3 is 2.07 bits per heavy atom. The van der Waals surface area contributed by atoms with E-state index in [1.165, 1.54) is 6.92 Å². The number of Topliss-reactive ketones (excluding diaryl/α,β-unsaturated/α-hetero) is 1. The monoisotopic (exact) mass is 204 g/mol. The van der Waals surface area contributed by atoms with E-state index >= 15 is 0 Å². The lowest BCUT2D eigenvalue weighted by molar-refractivity contribution is -0.277. The number of ether oxygens (including phenoxy) is 1. The van der Waals surface area contributed by atoms with Crippen LogP contribution >= 0.6 is 0 Å². The van der Waals surface area contributed by atoms with Crippen LogP contribution in [-0.4, -0.2) is 34.0 Å². The molecule has 84 valence electrons. The van der Waals surface area contributed by atoms with Crippen molar-refractivity contribution in [1.82, 2.24) is 0 Å². The summed E-state index contributed by atoms with van der Waals surface area (Å²) >= 11 is 0. The molecule has 2 unspecified atom stereocenters. The second kappa shape index (κ2) is 4.87. The average Bonchev–Trinajstić information content (AvgIpc) is 2.14. The van der Waals surface area contributed by atoms with Gasteiger partial charge in [-0.25, -0.2) is 0 Å². The highest BCUT2D eigenvalue weighted by Gasteiger charge is 2.50. The van der Waals surface area contributed by atoms with Gasteiger partial charge in [0.1, 0.15) is 0 Å². The summed E-state index contributed by atoms with van der Waals surface area (Å²) in [6, 6.07) is 0. The Balaban J connectivity index is 4.91. The molecule has 0 amide bonds. The van der Waals surface area contributed by atoms with Crippen molar-refractivity contribution in [3.63, 3.8) is 0 Å². The molecule has 0 heterocycles. The molecular formula is C10H20O4.